The Balaban J connectivity index is 3.40. The second kappa shape index (κ2) is 9.69. The number of carbonyl (C=O) groups excluding carboxylic acids is 1. The summed E-state index contributed by atoms with van der Waals surface area (Å²) in [6.07, 6.45) is 9.87. The summed E-state index contributed by atoms with van der Waals surface area (Å²) in [5.41, 5.74) is 0.353. The first-order chi connectivity index (χ1) is 7.22. The predicted octanol–water partition coefficient (Wildman–Crippen LogP) is 4.11. The quantitative estimate of drug-likeness (QED) is 0.451. The molecule has 0 spiro atoms. The van der Waals surface area contributed by atoms with E-state index in [4.69, 9.17) is 0 Å². The third kappa shape index (κ3) is 8.16. The molecule has 0 aromatic heterocycles. The van der Waals surface area contributed by atoms with E-state index >= 15 is 0 Å². The van der Waals surface area contributed by atoms with Crippen LogP contribution in [-0.4, -0.2) is 5.97 Å². The maximum Gasteiger partial charge on any atom is 0.374 e. The Bertz CT molecular complexity index is 200. The first kappa shape index (κ1) is 14.1. The number of unbranched alkanes of at least 4 members (excludes halogenated alkanes) is 6. The Morgan fingerprint density at radius 1 is 1.20 bits per heavy atom. The molecule has 0 rings (SSSR count). The average molecular weight is 216 g/mol. The highest BCUT2D eigenvalue weighted by Gasteiger charge is 2.04. The van der Waals surface area contributed by atoms with Gasteiger partial charge in [0.15, 0.2) is 0 Å². The Hall–Kier alpha value is -0.860. The Labute approximate surface area is 91.4 Å². The van der Waals surface area contributed by atoms with E-state index in [1.807, 2.05) is 0 Å². The monoisotopic (exact) mass is 216 g/mol. The largest absolute Gasteiger partial charge is 0.374 e. The number of carbonyl (C=O) groups is 1. The number of allylic oxidation sites excluding steroid dienone is 1. The standard InChI is InChI=1S/C12H21FO2/c1-3-4-5-6-7-8-9-10-11(2)12(14)15-13/h10H,3-9H2,1-2H3. The second-order valence-electron chi connectivity index (χ2n) is 3.81. The van der Waals surface area contributed by atoms with Gasteiger partial charge in [0.1, 0.15) is 0 Å². The summed E-state index contributed by atoms with van der Waals surface area (Å²) in [5, 5.41) is 0. The van der Waals surface area contributed by atoms with Crippen LogP contribution in [0.1, 0.15) is 58.8 Å². The topological polar surface area (TPSA) is 26.3 Å². The van der Waals surface area contributed by atoms with Crippen LogP contribution in [0.25, 0.3) is 0 Å². The molecule has 0 aromatic carbocycles. The molecule has 88 valence electrons. The molecular weight excluding hydrogens is 195 g/mol. The average Bonchev–Trinajstić information content (AvgIpc) is 2.26. The van der Waals surface area contributed by atoms with Crippen molar-refractivity contribution in [3.8, 4) is 0 Å². The molecule has 0 radical (unpaired) electrons. The maximum absolute atomic E-state index is 11.5. The van der Waals surface area contributed by atoms with E-state index in [0.717, 1.165) is 12.8 Å². The van der Waals surface area contributed by atoms with Gasteiger partial charge in [0, 0.05) is 10.1 Å². The Morgan fingerprint density at radius 3 is 2.40 bits per heavy atom. The third-order valence-corrected chi connectivity index (χ3v) is 2.40. The molecule has 15 heavy (non-hydrogen) atoms. The molecule has 0 aliphatic rings. The van der Waals surface area contributed by atoms with Crippen LogP contribution in [0.2, 0.25) is 0 Å². The number of halogens is 1. The van der Waals surface area contributed by atoms with Crippen molar-refractivity contribution < 1.29 is 14.3 Å². The van der Waals surface area contributed by atoms with Gasteiger partial charge < -0.3 is 0 Å². The molecule has 0 N–H and O–H groups in total. The van der Waals surface area contributed by atoms with E-state index in [1.54, 1.807) is 13.0 Å². The number of hydrogen-bond acceptors (Lipinski definition) is 2. The highest BCUT2D eigenvalue weighted by atomic mass is 19.3. The molecule has 3 heteroatoms. The van der Waals surface area contributed by atoms with Gasteiger partial charge in [0.25, 0.3) is 0 Å². The minimum atomic E-state index is -0.874. The number of rotatable bonds is 8. The molecule has 0 atom stereocenters. The van der Waals surface area contributed by atoms with Gasteiger partial charge in [0.2, 0.25) is 0 Å². The van der Waals surface area contributed by atoms with Crippen LogP contribution < -0.4 is 0 Å². The van der Waals surface area contributed by atoms with Crippen molar-refractivity contribution in [3.05, 3.63) is 11.6 Å². The maximum atomic E-state index is 11.5. The summed E-state index contributed by atoms with van der Waals surface area (Å²) in [6.45, 7) is 3.76. The third-order valence-electron chi connectivity index (χ3n) is 2.40. The van der Waals surface area contributed by atoms with Crippen LogP contribution in [0.4, 0.5) is 4.53 Å². The highest BCUT2D eigenvalue weighted by Crippen LogP contribution is 2.08. The molecule has 2 nitrogen and oxygen atoms in total. The lowest BCUT2D eigenvalue weighted by Gasteiger charge is -1.98. The van der Waals surface area contributed by atoms with E-state index < -0.39 is 5.97 Å². The van der Waals surface area contributed by atoms with E-state index in [1.165, 1.54) is 32.1 Å². The van der Waals surface area contributed by atoms with Crippen LogP contribution in [0.15, 0.2) is 11.6 Å². The molecule has 0 aromatic rings. The predicted molar refractivity (Wildman–Crippen MR) is 59.0 cm³/mol. The lowest BCUT2D eigenvalue weighted by molar-refractivity contribution is -0.178. The van der Waals surface area contributed by atoms with Crippen LogP contribution in [0.5, 0.6) is 0 Å². The van der Waals surface area contributed by atoms with Gasteiger partial charge >= 0.3 is 5.97 Å². The molecule has 0 amide bonds. The van der Waals surface area contributed by atoms with Gasteiger partial charge in [-0.2, -0.15) is 0 Å². The molecule has 0 unspecified atom stereocenters. The minimum Gasteiger partial charge on any atom is -0.250 e. The lowest BCUT2D eigenvalue weighted by Crippen LogP contribution is -1.98. The van der Waals surface area contributed by atoms with Crippen molar-refractivity contribution in [2.75, 3.05) is 0 Å². The second-order valence-corrected chi connectivity index (χ2v) is 3.81. The first-order valence-corrected chi connectivity index (χ1v) is 5.72. The van der Waals surface area contributed by atoms with Crippen molar-refractivity contribution in [1.82, 2.24) is 0 Å². The van der Waals surface area contributed by atoms with Crippen molar-refractivity contribution in [2.24, 2.45) is 0 Å². The fraction of sp³-hybridized carbons (Fsp3) is 0.750. The van der Waals surface area contributed by atoms with Crippen LogP contribution >= 0.6 is 0 Å². The van der Waals surface area contributed by atoms with Gasteiger partial charge in [-0.3, -0.25) is 0 Å². The van der Waals surface area contributed by atoms with Crippen LogP contribution in [0, 0.1) is 0 Å². The number of hydrogen-bond donors (Lipinski definition) is 0. The molecule has 0 heterocycles. The zero-order chi connectivity index (χ0) is 11.5. The summed E-state index contributed by atoms with van der Waals surface area (Å²) in [7, 11) is 0. The summed E-state index contributed by atoms with van der Waals surface area (Å²) >= 11 is 0. The smallest absolute Gasteiger partial charge is 0.250 e. The Morgan fingerprint density at radius 2 is 1.80 bits per heavy atom. The molecular formula is C12H21FO2. The van der Waals surface area contributed by atoms with Gasteiger partial charge in [0.05, 0.1) is 0 Å². The van der Waals surface area contributed by atoms with Crippen molar-refractivity contribution >= 4 is 5.97 Å². The minimum absolute atomic E-state index is 0.353. The molecule has 0 aliphatic carbocycles. The fourth-order valence-corrected chi connectivity index (χ4v) is 1.39. The summed E-state index contributed by atoms with van der Waals surface area (Å²) < 4.78 is 11.5. The molecule has 0 bridgehead atoms. The van der Waals surface area contributed by atoms with E-state index in [0.29, 0.717) is 5.57 Å². The van der Waals surface area contributed by atoms with Gasteiger partial charge in [-0.25, -0.2) is 9.74 Å². The molecule has 0 saturated carbocycles. The Kier molecular flexibility index (Phi) is 9.13. The molecule has 0 fully saturated rings. The van der Waals surface area contributed by atoms with Gasteiger partial charge in [-0.15, -0.1) is 0 Å². The fourth-order valence-electron chi connectivity index (χ4n) is 1.39. The first-order valence-electron chi connectivity index (χ1n) is 5.72. The SMILES string of the molecule is CCCCCCCCC=C(C)C(=O)OF. The van der Waals surface area contributed by atoms with Crippen molar-refractivity contribution in [2.45, 2.75) is 58.8 Å². The zero-order valence-corrected chi connectivity index (χ0v) is 9.72. The van der Waals surface area contributed by atoms with Gasteiger partial charge in [-0.05, 0) is 19.8 Å². The highest BCUT2D eigenvalue weighted by molar-refractivity contribution is 5.87. The van der Waals surface area contributed by atoms with Crippen molar-refractivity contribution in [3.63, 3.8) is 0 Å². The van der Waals surface area contributed by atoms with Crippen LogP contribution in [0.3, 0.4) is 0 Å². The lowest BCUT2D eigenvalue weighted by atomic mass is 10.1. The zero-order valence-electron chi connectivity index (χ0n) is 9.72. The molecule has 0 saturated heterocycles. The molecule has 0 aliphatic heterocycles. The summed E-state index contributed by atoms with van der Waals surface area (Å²) in [5.74, 6) is -0.874. The van der Waals surface area contributed by atoms with Crippen molar-refractivity contribution in [1.29, 1.82) is 0 Å². The van der Waals surface area contributed by atoms with E-state index in [2.05, 4.69) is 11.9 Å². The summed E-state index contributed by atoms with van der Waals surface area (Å²) in [6, 6.07) is 0. The van der Waals surface area contributed by atoms with Gasteiger partial charge in [-0.1, -0.05) is 45.1 Å². The normalized spacial score (nSPS) is 11.5. The summed E-state index contributed by atoms with van der Waals surface area (Å²) in [4.78, 5) is 13.8. The van der Waals surface area contributed by atoms with E-state index in [9.17, 15) is 9.32 Å². The van der Waals surface area contributed by atoms with E-state index in [-0.39, 0.29) is 0 Å². The van der Waals surface area contributed by atoms with Crippen LogP contribution in [-0.2, 0) is 9.74 Å².